The number of fused-ring (bicyclic) bond motifs is 1. The molecule has 3 fully saturated rings. The number of carbonyl (C=O) groups excluding carboxylic acids is 1. The van der Waals surface area contributed by atoms with Crippen LogP contribution in [-0.4, -0.2) is 37.0 Å². The standard InChI is InChI=1S/C13H22N2O/c1-3-13(2)4-11(13)12(16)15-7-9-5-14-6-10(9)8-15/h9-11,14H,3-8H2,1-2H3/t9-,10+,11?,13?. The zero-order chi connectivity index (χ0) is 11.3. The van der Waals surface area contributed by atoms with Crippen molar-refractivity contribution in [2.45, 2.75) is 26.7 Å². The van der Waals surface area contributed by atoms with Crippen molar-refractivity contribution in [3.63, 3.8) is 0 Å². The molecule has 4 atom stereocenters. The molecule has 3 rings (SSSR count). The second-order valence-corrected chi connectivity index (χ2v) is 6.19. The van der Waals surface area contributed by atoms with E-state index in [0.717, 1.165) is 50.9 Å². The molecule has 1 N–H and O–H groups in total. The second-order valence-electron chi connectivity index (χ2n) is 6.19. The number of amides is 1. The maximum Gasteiger partial charge on any atom is 0.226 e. The van der Waals surface area contributed by atoms with E-state index in [1.54, 1.807) is 0 Å². The Balaban J connectivity index is 1.61. The van der Waals surface area contributed by atoms with Gasteiger partial charge < -0.3 is 10.2 Å². The summed E-state index contributed by atoms with van der Waals surface area (Å²) in [5.74, 6) is 2.24. The van der Waals surface area contributed by atoms with Crippen LogP contribution in [0.2, 0.25) is 0 Å². The zero-order valence-corrected chi connectivity index (χ0v) is 10.3. The fourth-order valence-corrected chi connectivity index (χ4v) is 3.44. The summed E-state index contributed by atoms with van der Waals surface area (Å²) in [5.41, 5.74) is 0.326. The van der Waals surface area contributed by atoms with Crippen LogP contribution in [0.3, 0.4) is 0 Å². The van der Waals surface area contributed by atoms with Crippen molar-refractivity contribution in [1.29, 1.82) is 0 Å². The Bertz CT molecular complexity index is 305. The predicted octanol–water partition coefficient (Wildman–Crippen LogP) is 1.10. The molecule has 0 bridgehead atoms. The van der Waals surface area contributed by atoms with Gasteiger partial charge >= 0.3 is 0 Å². The van der Waals surface area contributed by atoms with Crippen LogP contribution in [0.5, 0.6) is 0 Å². The maximum atomic E-state index is 12.3. The van der Waals surface area contributed by atoms with Gasteiger partial charge in [-0.15, -0.1) is 0 Å². The average Bonchev–Trinajstić information content (AvgIpc) is 2.64. The lowest BCUT2D eigenvalue weighted by molar-refractivity contribution is -0.132. The fourth-order valence-electron chi connectivity index (χ4n) is 3.44. The number of carbonyl (C=O) groups is 1. The third kappa shape index (κ3) is 1.48. The van der Waals surface area contributed by atoms with Crippen LogP contribution in [0.15, 0.2) is 0 Å². The maximum absolute atomic E-state index is 12.3. The highest BCUT2D eigenvalue weighted by molar-refractivity contribution is 5.83. The molecule has 0 aromatic heterocycles. The van der Waals surface area contributed by atoms with Crippen molar-refractivity contribution in [3.8, 4) is 0 Å². The molecule has 2 aliphatic heterocycles. The van der Waals surface area contributed by atoms with Gasteiger partial charge in [-0.05, 0) is 30.1 Å². The lowest BCUT2D eigenvalue weighted by atomic mass is 10.0. The summed E-state index contributed by atoms with van der Waals surface area (Å²) in [6.45, 7) is 8.71. The third-order valence-electron chi connectivity index (χ3n) is 5.16. The highest BCUT2D eigenvalue weighted by Crippen LogP contribution is 2.55. The Morgan fingerprint density at radius 3 is 2.50 bits per heavy atom. The topological polar surface area (TPSA) is 32.3 Å². The van der Waals surface area contributed by atoms with Crippen molar-refractivity contribution in [1.82, 2.24) is 10.2 Å². The summed E-state index contributed by atoms with van der Waals surface area (Å²) in [4.78, 5) is 14.5. The molecular weight excluding hydrogens is 200 g/mol. The number of likely N-dealkylation sites (tertiary alicyclic amines) is 1. The van der Waals surface area contributed by atoms with E-state index in [1.165, 1.54) is 0 Å². The first-order valence-corrected chi connectivity index (χ1v) is 6.63. The molecule has 0 radical (unpaired) electrons. The molecule has 3 heteroatoms. The van der Waals surface area contributed by atoms with E-state index in [2.05, 4.69) is 24.1 Å². The first-order valence-electron chi connectivity index (χ1n) is 6.63. The monoisotopic (exact) mass is 222 g/mol. The van der Waals surface area contributed by atoms with Gasteiger partial charge in [-0.25, -0.2) is 0 Å². The average molecular weight is 222 g/mol. The number of hydrogen-bond donors (Lipinski definition) is 1. The molecule has 16 heavy (non-hydrogen) atoms. The van der Waals surface area contributed by atoms with Crippen LogP contribution >= 0.6 is 0 Å². The molecule has 2 saturated heterocycles. The van der Waals surface area contributed by atoms with Gasteiger partial charge in [-0.1, -0.05) is 13.8 Å². The Morgan fingerprint density at radius 1 is 1.38 bits per heavy atom. The molecule has 1 aliphatic carbocycles. The molecule has 3 nitrogen and oxygen atoms in total. The fraction of sp³-hybridized carbons (Fsp3) is 0.923. The predicted molar refractivity (Wildman–Crippen MR) is 62.9 cm³/mol. The van der Waals surface area contributed by atoms with Crippen molar-refractivity contribution < 1.29 is 4.79 Å². The van der Waals surface area contributed by atoms with Crippen LogP contribution in [0.25, 0.3) is 0 Å². The molecule has 2 heterocycles. The van der Waals surface area contributed by atoms with Crippen molar-refractivity contribution in [3.05, 3.63) is 0 Å². The van der Waals surface area contributed by atoms with Gasteiger partial charge in [0, 0.05) is 32.1 Å². The molecule has 2 unspecified atom stereocenters. The molecule has 0 spiro atoms. The smallest absolute Gasteiger partial charge is 0.226 e. The van der Waals surface area contributed by atoms with Crippen LogP contribution in [0, 0.1) is 23.2 Å². The van der Waals surface area contributed by atoms with Gasteiger partial charge in [0.1, 0.15) is 0 Å². The van der Waals surface area contributed by atoms with E-state index in [0.29, 0.717) is 17.2 Å². The van der Waals surface area contributed by atoms with E-state index in [4.69, 9.17) is 0 Å². The number of nitrogens with one attached hydrogen (secondary N) is 1. The molecule has 0 aromatic carbocycles. The van der Waals surface area contributed by atoms with E-state index >= 15 is 0 Å². The zero-order valence-electron chi connectivity index (χ0n) is 10.3. The number of hydrogen-bond acceptors (Lipinski definition) is 2. The van der Waals surface area contributed by atoms with Crippen molar-refractivity contribution in [2.24, 2.45) is 23.2 Å². The second kappa shape index (κ2) is 3.46. The summed E-state index contributed by atoms with van der Waals surface area (Å²) in [6.07, 6.45) is 2.26. The minimum Gasteiger partial charge on any atom is -0.342 e. The van der Waals surface area contributed by atoms with Crippen LogP contribution in [-0.2, 0) is 4.79 Å². The van der Waals surface area contributed by atoms with Gasteiger partial charge in [0.15, 0.2) is 0 Å². The quantitative estimate of drug-likeness (QED) is 0.759. The molecular formula is C13H22N2O. The van der Waals surface area contributed by atoms with Gasteiger partial charge in [-0.3, -0.25) is 4.79 Å². The van der Waals surface area contributed by atoms with E-state index < -0.39 is 0 Å². The minimum atomic E-state index is 0.326. The van der Waals surface area contributed by atoms with Crippen molar-refractivity contribution in [2.75, 3.05) is 26.2 Å². The van der Waals surface area contributed by atoms with Gasteiger partial charge in [0.2, 0.25) is 5.91 Å². The van der Waals surface area contributed by atoms with Gasteiger partial charge in [0.25, 0.3) is 0 Å². The SMILES string of the molecule is CCC1(C)CC1C(=O)N1C[C@H]2CNC[C@H]2C1. The Labute approximate surface area is 97.6 Å². The molecule has 3 aliphatic rings. The summed E-state index contributed by atoms with van der Waals surface area (Å²) >= 11 is 0. The Kier molecular flexibility index (Phi) is 2.29. The van der Waals surface area contributed by atoms with Crippen molar-refractivity contribution >= 4 is 5.91 Å². The largest absolute Gasteiger partial charge is 0.342 e. The minimum absolute atomic E-state index is 0.326. The molecule has 90 valence electrons. The lowest BCUT2D eigenvalue weighted by Crippen LogP contribution is -2.34. The Morgan fingerprint density at radius 2 is 2.00 bits per heavy atom. The molecule has 1 saturated carbocycles. The lowest BCUT2D eigenvalue weighted by Gasteiger charge is -2.19. The summed E-state index contributed by atoms with van der Waals surface area (Å²) < 4.78 is 0. The highest BCUT2D eigenvalue weighted by Gasteiger charge is 2.55. The Hall–Kier alpha value is -0.570. The first kappa shape index (κ1) is 10.6. The van der Waals surface area contributed by atoms with E-state index in [-0.39, 0.29) is 0 Å². The normalized spacial score (nSPS) is 45.9. The molecule has 1 amide bonds. The summed E-state index contributed by atoms with van der Waals surface area (Å²) in [5, 5.41) is 3.42. The number of nitrogens with zero attached hydrogens (tertiary/aromatic N) is 1. The van der Waals surface area contributed by atoms with Crippen LogP contribution < -0.4 is 5.32 Å². The van der Waals surface area contributed by atoms with E-state index in [9.17, 15) is 4.79 Å². The van der Waals surface area contributed by atoms with Gasteiger partial charge in [0.05, 0.1) is 0 Å². The first-order chi connectivity index (χ1) is 7.64. The van der Waals surface area contributed by atoms with E-state index in [1.807, 2.05) is 0 Å². The van der Waals surface area contributed by atoms with Crippen LogP contribution in [0.1, 0.15) is 26.7 Å². The van der Waals surface area contributed by atoms with Gasteiger partial charge in [-0.2, -0.15) is 0 Å². The van der Waals surface area contributed by atoms with Crippen LogP contribution in [0.4, 0.5) is 0 Å². The summed E-state index contributed by atoms with van der Waals surface area (Å²) in [7, 11) is 0. The summed E-state index contributed by atoms with van der Waals surface area (Å²) in [6, 6.07) is 0. The molecule has 0 aromatic rings. The highest BCUT2D eigenvalue weighted by atomic mass is 16.2. The third-order valence-corrected chi connectivity index (χ3v) is 5.16. The number of rotatable bonds is 2.